The minimum absolute atomic E-state index is 0.111. The second kappa shape index (κ2) is 6.12. The molecule has 0 radical (unpaired) electrons. The first-order valence-electron chi connectivity index (χ1n) is 10.4. The van der Waals surface area contributed by atoms with E-state index in [2.05, 4.69) is 21.9 Å². The van der Waals surface area contributed by atoms with Crippen LogP contribution in [0.3, 0.4) is 0 Å². The van der Waals surface area contributed by atoms with Gasteiger partial charge in [-0.2, -0.15) is 0 Å². The Balaban J connectivity index is 1.25. The molecular formula is C22H30N2O. The highest BCUT2D eigenvalue weighted by molar-refractivity contribution is 6.02. The van der Waals surface area contributed by atoms with Gasteiger partial charge in [0.15, 0.2) is 0 Å². The van der Waals surface area contributed by atoms with Crippen LogP contribution in [0, 0.1) is 11.8 Å². The van der Waals surface area contributed by atoms with E-state index in [0.717, 1.165) is 42.8 Å². The molecule has 4 aliphatic rings. The van der Waals surface area contributed by atoms with Gasteiger partial charge in [-0.25, -0.2) is 0 Å². The van der Waals surface area contributed by atoms with Gasteiger partial charge in [-0.3, -0.25) is 4.79 Å². The summed E-state index contributed by atoms with van der Waals surface area (Å²) < 4.78 is 0. The number of fused-ring (bicyclic) bond motifs is 1. The van der Waals surface area contributed by atoms with E-state index in [1.807, 2.05) is 18.2 Å². The molecule has 2 saturated carbocycles. The van der Waals surface area contributed by atoms with Crippen molar-refractivity contribution in [1.29, 1.82) is 0 Å². The maximum Gasteiger partial charge on any atom is 0.229 e. The number of likely N-dealkylation sites (tertiary alicyclic amines) is 1. The van der Waals surface area contributed by atoms with E-state index >= 15 is 0 Å². The van der Waals surface area contributed by atoms with Crippen molar-refractivity contribution in [3.8, 4) is 0 Å². The molecule has 1 aromatic rings. The van der Waals surface area contributed by atoms with Crippen LogP contribution in [0.15, 0.2) is 30.3 Å². The van der Waals surface area contributed by atoms with Crippen LogP contribution in [-0.2, 0) is 4.79 Å². The summed E-state index contributed by atoms with van der Waals surface area (Å²) in [6.45, 7) is 2.36. The molecule has 3 heteroatoms. The van der Waals surface area contributed by atoms with Crippen LogP contribution >= 0.6 is 0 Å². The van der Waals surface area contributed by atoms with Crippen LogP contribution in [0.5, 0.6) is 0 Å². The van der Waals surface area contributed by atoms with Gasteiger partial charge >= 0.3 is 0 Å². The van der Waals surface area contributed by atoms with Crippen molar-refractivity contribution in [3.63, 3.8) is 0 Å². The molecule has 0 bridgehead atoms. The minimum atomic E-state index is 0.111. The van der Waals surface area contributed by atoms with Crippen molar-refractivity contribution < 1.29 is 4.79 Å². The van der Waals surface area contributed by atoms with Gasteiger partial charge in [0.1, 0.15) is 0 Å². The normalized spacial score (nSPS) is 34.8. The summed E-state index contributed by atoms with van der Waals surface area (Å²) in [4.78, 5) is 17.2. The van der Waals surface area contributed by atoms with E-state index in [4.69, 9.17) is 0 Å². The molecule has 5 rings (SSSR count). The number of hydrogen-bond donors (Lipinski definition) is 0. The first kappa shape index (κ1) is 15.9. The molecule has 134 valence electrons. The second-order valence-electron chi connectivity index (χ2n) is 8.93. The summed E-state index contributed by atoms with van der Waals surface area (Å²) in [7, 11) is 0. The lowest BCUT2D eigenvalue weighted by Gasteiger charge is -2.56. The lowest BCUT2D eigenvalue weighted by molar-refractivity contribution is -0.129. The van der Waals surface area contributed by atoms with Crippen LogP contribution in [0.4, 0.5) is 5.69 Å². The lowest BCUT2D eigenvalue weighted by atomic mass is 9.75. The monoisotopic (exact) mass is 338 g/mol. The molecule has 2 atom stereocenters. The quantitative estimate of drug-likeness (QED) is 0.754. The zero-order valence-electron chi connectivity index (χ0n) is 15.2. The van der Waals surface area contributed by atoms with Gasteiger partial charge in [-0.1, -0.05) is 43.9 Å². The summed E-state index contributed by atoms with van der Waals surface area (Å²) in [5.74, 6) is 2.34. The summed E-state index contributed by atoms with van der Waals surface area (Å²) in [5.41, 5.74) is 1.21. The van der Waals surface area contributed by atoms with Gasteiger partial charge in [0.2, 0.25) is 5.91 Å². The second-order valence-corrected chi connectivity index (χ2v) is 8.93. The van der Waals surface area contributed by atoms with Crippen LogP contribution in [0.1, 0.15) is 57.8 Å². The molecule has 0 aromatic heterocycles. The predicted molar refractivity (Wildman–Crippen MR) is 101 cm³/mol. The van der Waals surface area contributed by atoms with E-state index in [9.17, 15) is 4.79 Å². The van der Waals surface area contributed by atoms with Crippen LogP contribution in [0.25, 0.3) is 0 Å². The smallest absolute Gasteiger partial charge is 0.229 e. The van der Waals surface area contributed by atoms with E-state index in [0.29, 0.717) is 5.91 Å². The molecule has 1 amide bonds. The Labute approximate surface area is 151 Å². The first-order valence-corrected chi connectivity index (χ1v) is 10.4. The SMILES string of the molecule is O=C1CC2(CCN(C3CC4CCCCC4C3)CC2)N1c1ccccc1. The van der Waals surface area contributed by atoms with Crippen LogP contribution in [0.2, 0.25) is 0 Å². The standard InChI is InChI=1S/C22H30N2O/c25-21-16-22(24(21)19-8-2-1-3-9-19)10-12-23(13-11-22)20-14-17-6-4-5-7-18(17)15-20/h1-3,8-9,17-18,20H,4-7,10-16H2. The predicted octanol–water partition coefficient (Wildman–Crippen LogP) is 4.23. The van der Waals surface area contributed by atoms with Crippen molar-refractivity contribution in [2.24, 2.45) is 11.8 Å². The fourth-order valence-electron chi connectivity index (χ4n) is 6.31. The van der Waals surface area contributed by atoms with Crippen molar-refractivity contribution >= 4 is 11.6 Å². The van der Waals surface area contributed by atoms with Gasteiger partial charge in [0.25, 0.3) is 0 Å². The number of β-lactam (4-membered cyclic amide) rings is 1. The minimum Gasteiger partial charge on any atom is -0.306 e. The summed E-state index contributed by atoms with van der Waals surface area (Å²) in [6, 6.07) is 11.1. The highest BCUT2D eigenvalue weighted by Gasteiger charge is 2.53. The van der Waals surface area contributed by atoms with Gasteiger partial charge in [-0.05, 0) is 49.7 Å². The van der Waals surface area contributed by atoms with E-state index in [1.165, 1.54) is 51.6 Å². The summed E-state index contributed by atoms with van der Waals surface area (Å²) >= 11 is 0. The first-order chi connectivity index (χ1) is 12.3. The number of anilines is 1. The number of para-hydroxylation sites is 1. The van der Waals surface area contributed by atoms with E-state index in [-0.39, 0.29) is 5.54 Å². The Bertz CT molecular complexity index is 621. The number of carbonyl (C=O) groups excluding carboxylic acids is 1. The third-order valence-corrected chi connectivity index (χ3v) is 7.68. The van der Waals surface area contributed by atoms with Gasteiger partial charge in [-0.15, -0.1) is 0 Å². The number of hydrogen-bond acceptors (Lipinski definition) is 2. The average molecular weight is 338 g/mol. The summed E-state index contributed by atoms with van der Waals surface area (Å²) in [5, 5.41) is 0. The Kier molecular flexibility index (Phi) is 3.89. The maximum atomic E-state index is 12.3. The molecule has 1 spiro atoms. The molecule has 2 aliphatic carbocycles. The van der Waals surface area contributed by atoms with Crippen molar-refractivity contribution in [1.82, 2.24) is 4.90 Å². The molecular weight excluding hydrogens is 308 g/mol. The highest BCUT2D eigenvalue weighted by atomic mass is 16.2. The highest BCUT2D eigenvalue weighted by Crippen LogP contribution is 2.47. The molecule has 2 heterocycles. The molecule has 4 fully saturated rings. The fraction of sp³-hybridized carbons (Fsp3) is 0.682. The van der Waals surface area contributed by atoms with Gasteiger partial charge < -0.3 is 9.80 Å². The van der Waals surface area contributed by atoms with Crippen molar-refractivity contribution in [2.75, 3.05) is 18.0 Å². The average Bonchev–Trinajstić information content (AvgIpc) is 3.07. The van der Waals surface area contributed by atoms with E-state index in [1.54, 1.807) is 0 Å². The molecule has 2 aliphatic heterocycles. The zero-order chi connectivity index (χ0) is 16.9. The van der Waals surface area contributed by atoms with Crippen LogP contribution < -0.4 is 4.90 Å². The molecule has 2 saturated heterocycles. The van der Waals surface area contributed by atoms with Gasteiger partial charge in [0, 0.05) is 24.8 Å². The van der Waals surface area contributed by atoms with Gasteiger partial charge in [0.05, 0.1) is 12.0 Å². The number of benzene rings is 1. The Hall–Kier alpha value is -1.35. The molecule has 0 N–H and O–H groups in total. The Morgan fingerprint density at radius 3 is 2.16 bits per heavy atom. The lowest BCUT2D eigenvalue weighted by Crippen LogP contribution is -2.68. The molecule has 25 heavy (non-hydrogen) atoms. The Morgan fingerprint density at radius 1 is 0.920 bits per heavy atom. The number of carbonyl (C=O) groups is 1. The largest absolute Gasteiger partial charge is 0.306 e. The summed E-state index contributed by atoms with van der Waals surface area (Å²) in [6.07, 6.45) is 11.8. The number of amides is 1. The number of nitrogens with zero attached hydrogens (tertiary/aromatic N) is 2. The molecule has 1 aromatic carbocycles. The van der Waals surface area contributed by atoms with Crippen LogP contribution in [-0.4, -0.2) is 35.5 Å². The van der Waals surface area contributed by atoms with Crippen molar-refractivity contribution in [2.45, 2.75) is 69.4 Å². The topological polar surface area (TPSA) is 23.6 Å². The van der Waals surface area contributed by atoms with E-state index < -0.39 is 0 Å². The molecule has 2 unspecified atom stereocenters. The molecule has 3 nitrogen and oxygen atoms in total. The zero-order valence-corrected chi connectivity index (χ0v) is 15.2. The third kappa shape index (κ3) is 2.63. The maximum absolute atomic E-state index is 12.3. The van der Waals surface area contributed by atoms with Crippen molar-refractivity contribution in [3.05, 3.63) is 30.3 Å². The fourth-order valence-corrected chi connectivity index (χ4v) is 6.31. The number of rotatable bonds is 2. The number of piperidine rings is 1. The Morgan fingerprint density at radius 2 is 1.56 bits per heavy atom. The third-order valence-electron chi connectivity index (χ3n) is 7.68.